The minimum absolute atomic E-state index is 0.0206. The average molecular weight is 345 g/mol. The van der Waals surface area contributed by atoms with Crippen molar-refractivity contribution in [3.8, 4) is 0 Å². The average Bonchev–Trinajstić information content (AvgIpc) is 2.68. The third-order valence-electron chi connectivity index (χ3n) is 5.77. The molecule has 1 aliphatic heterocycles. The van der Waals surface area contributed by atoms with E-state index in [0.717, 1.165) is 58.4 Å². The number of anilines is 1. The van der Waals surface area contributed by atoms with E-state index in [1.807, 2.05) is 12.1 Å². The lowest BCUT2D eigenvalue weighted by Gasteiger charge is -2.35. The molecule has 1 aliphatic carbocycles. The molecule has 25 heavy (non-hydrogen) atoms. The van der Waals surface area contributed by atoms with Crippen molar-refractivity contribution in [2.24, 2.45) is 5.92 Å². The second-order valence-electron chi connectivity index (χ2n) is 7.28. The van der Waals surface area contributed by atoms with Crippen LogP contribution >= 0.6 is 0 Å². The molecule has 3 rings (SSSR count). The molecule has 2 atom stereocenters. The fraction of sp³-hybridized carbons (Fsp3) is 0.650. The molecule has 138 valence electrons. The highest BCUT2D eigenvalue weighted by atomic mass is 16.3. The summed E-state index contributed by atoms with van der Waals surface area (Å²) in [5.41, 5.74) is 1.90. The molecule has 1 saturated carbocycles. The second kappa shape index (κ2) is 8.68. The molecule has 1 aromatic rings. The number of aliphatic hydroxyl groups is 1. The summed E-state index contributed by atoms with van der Waals surface area (Å²) in [5.74, 6) is 0.180. The van der Waals surface area contributed by atoms with Gasteiger partial charge in [-0.1, -0.05) is 19.8 Å². The number of hydrogen-bond acceptors (Lipinski definition) is 4. The Morgan fingerprint density at radius 2 is 1.80 bits per heavy atom. The molecule has 1 heterocycles. The number of nitrogens with one attached hydrogen (secondary N) is 1. The van der Waals surface area contributed by atoms with Crippen LogP contribution in [0.25, 0.3) is 0 Å². The molecule has 0 spiro atoms. The normalized spacial score (nSPS) is 25.0. The lowest BCUT2D eigenvalue weighted by atomic mass is 9.85. The lowest BCUT2D eigenvalue weighted by Crippen LogP contribution is -2.46. The van der Waals surface area contributed by atoms with Crippen LogP contribution in [-0.4, -0.2) is 61.3 Å². The van der Waals surface area contributed by atoms with Gasteiger partial charge in [0, 0.05) is 56.0 Å². The zero-order chi connectivity index (χ0) is 17.6. The molecule has 2 aliphatic rings. The quantitative estimate of drug-likeness (QED) is 0.858. The molecule has 1 saturated heterocycles. The van der Waals surface area contributed by atoms with Gasteiger partial charge in [0.05, 0.1) is 0 Å². The summed E-state index contributed by atoms with van der Waals surface area (Å²) in [4.78, 5) is 17.4. The van der Waals surface area contributed by atoms with E-state index in [9.17, 15) is 9.90 Å². The summed E-state index contributed by atoms with van der Waals surface area (Å²) in [6, 6.07) is 8.07. The van der Waals surface area contributed by atoms with Crippen molar-refractivity contribution in [3.05, 3.63) is 29.8 Å². The number of likely N-dealkylation sites (N-methyl/N-ethyl adjacent to an activating group) is 1. The van der Waals surface area contributed by atoms with Gasteiger partial charge in [-0.3, -0.25) is 4.79 Å². The predicted molar refractivity (Wildman–Crippen MR) is 101 cm³/mol. The van der Waals surface area contributed by atoms with E-state index in [1.54, 1.807) is 0 Å². The maximum absolute atomic E-state index is 12.5. The Morgan fingerprint density at radius 1 is 1.12 bits per heavy atom. The maximum atomic E-state index is 12.5. The van der Waals surface area contributed by atoms with Gasteiger partial charge >= 0.3 is 0 Å². The van der Waals surface area contributed by atoms with Crippen molar-refractivity contribution in [2.75, 3.05) is 44.2 Å². The standard InChI is InChI=1S/C20H31N3O2/c1-2-22-11-13-23(14-12-22)18-9-7-16(8-10-18)20(25)21-19-6-4-3-5-17(19)15-24/h7-10,17,19,24H,2-6,11-15H2,1H3,(H,21,25). The Hall–Kier alpha value is -1.59. The van der Waals surface area contributed by atoms with Crippen LogP contribution in [0.15, 0.2) is 24.3 Å². The number of rotatable bonds is 5. The highest BCUT2D eigenvalue weighted by Crippen LogP contribution is 2.24. The molecule has 0 radical (unpaired) electrons. The van der Waals surface area contributed by atoms with Crippen LogP contribution in [-0.2, 0) is 0 Å². The number of carbonyl (C=O) groups excluding carboxylic acids is 1. The zero-order valence-corrected chi connectivity index (χ0v) is 15.3. The van der Waals surface area contributed by atoms with Gasteiger partial charge < -0.3 is 20.2 Å². The largest absolute Gasteiger partial charge is 0.396 e. The molecule has 1 amide bonds. The first-order chi connectivity index (χ1) is 12.2. The Labute approximate surface area is 151 Å². The summed E-state index contributed by atoms with van der Waals surface area (Å²) < 4.78 is 0. The van der Waals surface area contributed by atoms with Crippen LogP contribution in [0, 0.1) is 5.92 Å². The molecule has 5 heteroatoms. The van der Waals surface area contributed by atoms with Crippen LogP contribution in [0.3, 0.4) is 0 Å². The zero-order valence-electron chi connectivity index (χ0n) is 15.3. The molecular weight excluding hydrogens is 314 g/mol. The molecule has 0 bridgehead atoms. The first-order valence-corrected chi connectivity index (χ1v) is 9.70. The van der Waals surface area contributed by atoms with Crippen molar-refractivity contribution in [1.82, 2.24) is 10.2 Å². The van der Waals surface area contributed by atoms with E-state index >= 15 is 0 Å². The number of hydrogen-bond donors (Lipinski definition) is 2. The fourth-order valence-electron chi connectivity index (χ4n) is 4.01. The van der Waals surface area contributed by atoms with Crippen LogP contribution in [0.1, 0.15) is 43.0 Å². The van der Waals surface area contributed by atoms with Crippen LogP contribution < -0.4 is 10.2 Å². The molecular formula is C20H31N3O2. The number of piperazine rings is 1. The van der Waals surface area contributed by atoms with E-state index in [0.29, 0.717) is 5.56 Å². The molecule has 1 aromatic carbocycles. The Balaban J connectivity index is 1.57. The third-order valence-corrected chi connectivity index (χ3v) is 5.77. The molecule has 2 N–H and O–H groups in total. The van der Waals surface area contributed by atoms with Crippen molar-refractivity contribution >= 4 is 11.6 Å². The van der Waals surface area contributed by atoms with E-state index in [2.05, 4.69) is 34.2 Å². The van der Waals surface area contributed by atoms with E-state index in [4.69, 9.17) is 0 Å². The van der Waals surface area contributed by atoms with Crippen LogP contribution in [0.4, 0.5) is 5.69 Å². The number of benzene rings is 1. The van der Waals surface area contributed by atoms with Crippen molar-refractivity contribution < 1.29 is 9.90 Å². The smallest absolute Gasteiger partial charge is 0.251 e. The molecule has 2 fully saturated rings. The number of nitrogens with zero attached hydrogens (tertiary/aromatic N) is 2. The minimum Gasteiger partial charge on any atom is -0.396 e. The fourth-order valence-corrected chi connectivity index (χ4v) is 4.01. The summed E-state index contributed by atoms with van der Waals surface area (Å²) in [5, 5.41) is 12.6. The van der Waals surface area contributed by atoms with Gasteiger partial charge in [0.1, 0.15) is 0 Å². The van der Waals surface area contributed by atoms with E-state index < -0.39 is 0 Å². The SMILES string of the molecule is CCN1CCN(c2ccc(C(=O)NC3CCCCC3CO)cc2)CC1. The van der Waals surface area contributed by atoms with Crippen molar-refractivity contribution in [3.63, 3.8) is 0 Å². The topological polar surface area (TPSA) is 55.8 Å². The molecule has 0 aromatic heterocycles. The summed E-state index contributed by atoms with van der Waals surface area (Å²) >= 11 is 0. The van der Waals surface area contributed by atoms with E-state index in [-0.39, 0.29) is 24.5 Å². The number of carbonyl (C=O) groups is 1. The lowest BCUT2D eigenvalue weighted by molar-refractivity contribution is 0.0872. The number of amides is 1. The maximum Gasteiger partial charge on any atom is 0.251 e. The van der Waals surface area contributed by atoms with Gasteiger partial charge in [0.2, 0.25) is 0 Å². The first-order valence-electron chi connectivity index (χ1n) is 9.70. The van der Waals surface area contributed by atoms with Crippen molar-refractivity contribution in [1.29, 1.82) is 0 Å². The summed E-state index contributed by atoms with van der Waals surface area (Å²) in [7, 11) is 0. The van der Waals surface area contributed by atoms with Gasteiger partial charge in [-0.15, -0.1) is 0 Å². The third kappa shape index (κ3) is 4.53. The second-order valence-corrected chi connectivity index (χ2v) is 7.28. The minimum atomic E-state index is -0.0206. The first kappa shape index (κ1) is 18.2. The summed E-state index contributed by atoms with van der Waals surface area (Å²) in [6.07, 6.45) is 4.25. The highest BCUT2D eigenvalue weighted by Gasteiger charge is 2.26. The van der Waals surface area contributed by atoms with Gasteiger partial charge in [0.25, 0.3) is 5.91 Å². The molecule has 2 unspecified atom stereocenters. The summed E-state index contributed by atoms with van der Waals surface area (Å²) in [6.45, 7) is 7.76. The predicted octanol–water partition coefficient (Wildman–Crippen LogP) is 2.11. The Morgan fingerprint density at radius 3 is 2.44 bits per heavy atom. The monoisotopic (exact) mass is 345 g/mol. The van der Waals surface area contributed by atoms with Crippen LogP contribution in [0.5, 0.6) is 0 Å². The van der Waals surface area contributed by atoms with Gasteiger partial charge in [0.15, 0.2) is 0 Å². The van der Waals surface area contributed by atoms with Gasteiger partial charge in [-0.2, -0.15) is 0 Å². The highest BCUT2D eigenvalue weighted by molar-refractivity contribution is 5.94. The number of aliphatic hydroxyl groups excluding tert-OH is 1. The van der Waals surface area contributed by atoms with Crippen LogP contribution in [0.2, 0.25) is 0 Å². The van der Waals surface area contributed by atoms with Crippen molar-refractivity contribution in [2.45, 2.75) is 38.6 Å². The van der Waals surface area contributed by atoms with Gasteiger partial charge in [-0.25, -0.2) is 0 Å². The Bertz CT molecular complexity index is 553. The Kier molecular flexibility index (Phi) is 6.32. The van der Waals surface area contributed by atoms with E-state index in [1.165, 1.54) is 5.69 Å². The molecule has 5 nitrogen and oxygen atoms in total. The van der Waals surface area contributed by atoms with Gasteiger partial charge in [-0.05, 0) is 43.7 Å².